The summed E-state index contributed by atoms with van der Waals surface area (Å²) in [6.45, 7) is 3.35. The topological polar surface area (TPSA) is 64.4 Å². The highest BCUT2D eigenvalue weighted by Gasteiger charge is 2.38. The molecule has 19 heavy (non-hydrogen) atoms. The molecule has 2 atom stereocenters. The molecule has 1 heterocycles. The van der Waals surface area contributed by atoms with E-state index in [9.17, 15) is 4.79 Å². The molecule has 0 bridgehead atoms. The van der Waals surface area contributed by atoms with E-state index in [1.54, 1.807) is 0 Å². The van der Waals surface area contributed by atoms with Gasteiger partial charge in [0.15, 0.2) is 0 Å². The van der Waals surface area contributed by atoms with Crippen molar-refractivity contribution in [1.29, 1.82) is 0 Å². The van der Waals surface area contributed by atoms with Crippen molar-refractivity contribution in [3.8, 4) is 0 Å². The van der Waals surface area contributed by atoms with Crippen LogP contribution in [0, 0.1) is 5.41 Å². The maximum Gasteiger partial charge on any atom is 0.227 e. The van der Waals surface area contributed by atoms with Crippen molar-refractivity contribution in [2.24, 2.45) is 11.1 Å². The normalized spacial score (nSPS) is 28.6. The molecule has 1 saturated carbocycles. The Balaban J connectivity index is 1.95. The molecule has 0 aromatic carbocycles. The van der Waals surface area contributed by atoms with Crippen molar-refractivity contribution in [2.45, 2.75) is 70.4 Å². The Hall–Kier alpha value is -0.610. The van der Waals surface area contributed by atoms with Crippen LogP contribution in [0.15, 0.2) is 0 Å². The van der Waals surface area contributed by atoms with Crippen molar-refractivity contribution < 1.29 is 9.53 Å². The summed E-state index contributed by atoms with van der Waals surface area (Å²) in [6.07, 6.45) is 8.93. The Bertz CT molecular complexity index is 293. The van der Waals surface area contributed by atoms with E-state index in [-0.39, 0.29) is 23.5 Å². The van der Waals surface area contributed by atoms with E-state index in [1.165, 1.54) is 12.8 Å². The Morgan fingerprint density at radius 3 is 2.53 bits per heavy atom. The lowest BCUT2D eigenvalue weighted by Crippen LogP contribution is -2.51. The first-order valence-electron chi connectivity index (χ1n) is 7.81. The number of amides is 1. The van der Waals surface area contributed by atoms with Crippen LogP contribution < -0.4 is 11.1 Å². The lowest BCUT2D eigenvalue weighted by atomic mass is 9.79. The Morgan fingerprint density at radius 2 is 2.00 bits per heavy atom. The first-order valence-corrected chi connectivity index (χ1v) is 7.81. The summed E-state index contributed by atoms with van der Waals surface area (Å²) < 4.78 is 5.65. The van der Waals surface area contributed by atoms with E-state index in [4.69, 9.17) is 10.5 Å². The molecule has 1 saturated heterocycles. The second-order valence-corrected chi connectivity index (χ2v) is 6.21. The van der Waals surface area contributed by atoms with Crippen LogP contribution >= 0.6 is 0 Å². The highest BCUT2D eigenvalue weighted by Crippen LogP contribution is 2.34. The van der Waals surface area contributed by atoms with Crippen LogP contribution in [0.5, 0.6) is 0 Å². The number of hydrogen-bond donors (Lipinski definition) is 2. The van der Waals surface area contributed by atoms with Gasteiger partial charge in [-0.05, 0) is 32.6 Å². The molecule has 0 aromatic heterocycles. The van der Waals surface area contributed by atoms with Gasteiger partial charge in [0, 0.05) is 13.2 Å². The number of hydrogen-bond acceptors (Lipinski definition) is 3. The molecule has 2 rings (SSSR count). The van der Waals surface area contributed by atoms with E-state index in [2.05, 4.69) is 12.2 Å². The van der Waals surface area contributed by atoms with Gasteiger partial charge in [-0.1, -0.05) is 25.7 Å². The van der Waals surface area contributed by atoms with Crippen LogP contribution in [-0.4, -0.2) is 31.2 Å². The van der Waals surface area contributed by atoms with E-state index < -0.39 is 0 Å². The van der Waals surface area contributed by atoms with Crippen molar-refractivity contribution in [3.05, 3.63) is 0 Å². The molecule has 2 aliphatic rings. The van der Waals surface area contributed by atoms with Crippen LogP contribution in [0.3, 0.4) is 0 Å². The van der Waals surface area contributed by atoms with Gasteiger partial charge in [0.05, 0.1) is 17.6 Å². The minimum absolute atomic E-state index is 0.0988. The maximum atomic E-state index is 12.6. The zero-order valence-corrected chi connectivity index (χ0v) is 12.1. The van der Waals surface area contributed by atoms with Crippen LogP contribution in [0.1, 0.15) is 58.3 Å². The van der Waals surface area contributed by atoms with Crippen molar-refractivity contribution in [1.82, 2.24) is 5.32 Å². The molecule has 4 heteroatoms. The number of carbonyl (C=O) groups is 1. The minimum Gasteiger partial charge on any atom is -0.376 e. The van der Waals surface area contributed by atoms with E-state index in [0.717, 1.165) is 45.1 Å². The third-order valence-corrected chi connectivity index (χ3v) is 4.81. The average molecular weight is 268 g/mol. The van der Waals surface area contributed by atoms with Crippen LogP contribution in [0.4, 0.5) is 0 Å². The van der Waals surface area contributed by atoms with Gasteiger partial charge in [-0.3, -0.25) is 4.79 Å². The van der Waals surface area contributed by atoms with Gasteiger partial charge in [-0.25, -0.2) is 0 Å². The molecule has 0 aromatic rings. The fraction of sp³-hybridized carbons (Fsp3) is 0.933. The zero-order chi connectivity index (χ0) is 13.7. The molecule has 0 spiro atoms. The van der Waals surface area contributed by atoms with Gasteiger partial charge in [-0.2, -0.15) is 0 Å². The highest BCUT2D eigenvalue weighted by molar-refractivity contribution is 5.83. The average Bonchev–Trinajstić information content (AvgIpc) is 2.84. The van der Waals surface area contributed by atoms with Gasteiger partial charge in [0.2, 0.25) is 5.91 Å². The standard InChI is InChI=1S/C15H28N2O2/c1-12(13-7-6-10-19-13)17-14(18)15(11-16)8-4-2-3-5-9-15/h12-13H,2-11,16H2,1H3,(H,17,18). The second kappa shape index (κ2) is 6.71. The summed E-state index contributed by atoms with van der Waals surface area (Å²) in [5.74, 6) is 0.153. The number of nitrogens with one attached hydrogen (secondary N) is 1. The van der Waals surface area contributed by atoms with Gasteiger partial charge in [-0.15, -0.1) is 0 Å². The van der Waals surface area contributed by atoms with Gasteiger partial charge in [0.25, 0.3) is 0 Å². The van der Waals surface area contributed by atoms with Gasteiger partial charge >= 0.3 is 0 Å². The first-order chi connectivity index (χ1) is 9.18. The molecular formula is C15H28N2O2. The second-order valence-electron chi connectivity index (χ2n) is 6.21. The molecular weight excluding hydrogens is 240 g/mol. The summed E-state index contributed by atoms with van der Waals surface area (Å²) in [5, 5.41) is 3.17. The lowest BCUT2D eigenvalue weighted by Gasteiger charge is -2.32. The monoisotopic (exact) mass is 268 g/mol. The fourth-order valence-electron chi connectivity index (χ4n) is 3.38. The highest BCUT2D eigenvalue weighted by atomic mass is 16.5. The summed E-state index contributed by atoms with van der Waals surface area (Å²) in [4.78, 5) is 12.6. The summed E-state index contributed by atoms with van der Waals surface area (Å²) in [5.41, 5.74) is 5.62. The SMILES string of the molecule is CC(NC(=O)C1(CN)CCCCCC1)C1CCCO1. The molecule has 1 aliphatic heterocycles. The third-order valence-electron chi connectivity index (χ3n) is 4.81. The van der Waals surface area contributed by atoms with Gasteiger partial charge in [0.1, 0.15) is 0 Å². The van der Waals surface area contributed by atoms with Crippen molar-refractivity contribution in [3.63, 3.8) is 0 Å². The van der Waals surface area contributed by atoms with Crippen LogP contribution in [0.25, 0.3) is 0 Å². The molecule has 1 amide bonds. The quantitative estimate of drug-likeness (QED) is 0.766. The van der Waals surface area contributed by atoms with Crippen LogP contribution in [-0.2, 0) is 9.53 Å². The number of carbonyl (C=O) groups excluding carboxylic acids is 1. The Labute approximate surface area is 116 Å². The molecule has 2 fully saturated rings. The number of nitrogens with two attached hydrogens (primary N) is 1. The molecule has 3 N–H and O–H groups in total. The van der Waals surface area contributed by atoms with Gasteiger partial charge < -0.3 is 15.8 Å². The molecule has 2 unspecified atom stereocenters. The third kappa shape index (κ3) is 3.48. The van der Waals surface area contributed by atoms with Crippen molar-refractivity contribution in [2.75, 3.05) is 13.2 Å². The first kappa shape index (κ1) is 14.8. The molecule has 0 radical (unpaired) electrons. The summed E-state index contributed by atoms with van der Waals surface area (Å²) in [7, 11) is 0. The smallest absolute Gasteiger partial charge is 0.227 e. The predicted octanol–water partition coefficient (Wildman–Crippen LogP) is 1.97. The lowest BCUT2D eigenvalue weighted by molar-refractivity contribution is -0.133. The minimum atomic E-state index is -0.330. The largest absolute Gasteiger partial charge is 0.376 e. The molecule has 110 valence electrons. The fourth-order valence-corrected chi connectivity index (χ4v) is 3.38. The Morgan fingerprint density at radius 1 is 1.32 bits per heavy atom. The number of rotatable bonds is 4. The van der Waals surface area contributed by atoms with E-state index in [1.807, 2.05) is 0 Å². The molecule has 4 nitrogen and oxygen atoms in total. The predicted molar refractivity (Wildman–Crippen MR) is 75.8 cm³/mol. The van der Waals surface area contributed by atoms with Crippen LogP contribution in [0.2, 0.25) is 0 Å². The Kier molecular flexibility index (Phi) is 5.22. The van der Waals surface area contributed by atoms with E-state index in [0.29, 0.717) is 6.54 Å². The van der Waals surface area contributed by atoms with Crippen molar-refractivity contribution >= 4 is 5.91 Å². The summed E-state index contributed by atoms with van der Waals surface area (Å²) in [6, 6.07) is 0.0988. The zero-order valence-electron chi connectivity index (χ0n) is 12.1. The summed E-state index contributed by atoms with van der Waals surface area (Å²) >= 11 is 0. The van der Waals surface area contributed by atoms with E-state index >= 15 is 0 Å². The maximum absolute atomic E-state index is 12.6. The number of ether oxygens (including phenoxy) is 1. The molecule has 1 aliphatic carbocycles.